The molecule has 27 heavy (non-hydrogen) atoms. The number of carbonyl (C=O) groups is 1. The zero-order valence-electron chi connectivity index (χ0n) is 15.6. The first-order valence-corrected chi connectivity index (χ1v) is 8.95. The minimum atomic E-state index is -1.55. The van der Waals surface area contributed by atoms with Crippen LogP contribution in [0.25, 0.3) is 0 Å². The van der Waals surface area contributed by atoms with Gasteiger partial charge < -0.3 is 39.4 Å². The van der Waals surface area contributed by atoms with Gasteiger partial charge in [0.05, 0.1) is 25.6 Å². The predicted octanol–water partition coefficient (Wildman–Crippen LogP) is -0.421. The van der Waals surface area contributed by atoms with Gasteiger partial charge in [0.25, 0.3) is 0 Å². The number of ether oxygens (including phenoxy) is 4. The van der Waals surface area contributed by atoms with E-state index in [4.69, 9.17) is 18.9 Å². The summed E-state index contributed by atoms with van der Waals surface area (Å²) in [7, 11) is 1.29. The summed E-state index contributed by atoms with van der Waals surface area (Å²) in [6.07, 6.45) is -3.49. The van der Waals surface area contributed by atoms with E-state index < -0.39 is 49.6 Å². The van der Waals surface area contributed by atoms with Gasteiger partial charge in [-0.15, -0.1) is 0 Å². The zero-order chi connectivity index (χ0) is 20.1. The summed E-state index contributed by atoms with van der Waals surface area (Å²) in [6, 6.07) is 0. The number of rotatable bonds is 6. The van der Waals surface area contributed by atoms with Crippen LogP contribution in [0.4, 0.5) is 0 Å². The number of methoxy groups -OCH3 is 1. The second kappa shape index (κ2) is 9.63. The van der Waals surface area contributed by atoms with Crippen LogP contribution in [-0.4, -0.2) is 77.1 Å². The summed E-state index contributed by atoms with van der Waals surface area (Å²) in [5.41, 5.74) is 1.01. The Morgan fingerprint density at radius 1 is 1.26 bits per heavy atom. The quantitative estimate of drug-likeness (QED) is 0.353. The van der Waals surface area contributed by atoms with Gasteiger partial charge >= 0.3 is 5.97 Å². The average molecular weight is 388 g/mol. The molecule has 0 aliphatic carbocycles. The van der Waals surface area contributed by atoms with Gasteiger partial charge in [-0.3, -0.25) is 0 Å². The standard InChI is InChI=1S/C18H28O9/c1-4-6-10-9(5-2)17(25-8-11(10)16(23)24-3)27-18-15(22)14(21)13(20)12(7-19)26-18/h5,8,10,12-15,17-22H,4,6-7H2,1-3H3/b9-5+/t10?,12-,13-,14+,15-,17+,18+/m1/s1. The second-order valence-corrected chi connectivity index (χ2v) is 6.50. The van der Waals surface area contributed by atoms with Gasteiger partial charge in [-0.05, 0) is 13.3 Å². The van der Waals surface area contributed by atoms with Gasteiger partial charge in [-0.1, -0.05) is 19.4 Å². The number of aliphatic hydroxyl groups is 4. The lowest BCUT2D eigenvalue weighted by Gasteiger charge is -2.42. The molecule has 0 spiro atoms. The maximum atomic E-state index is 12.0. The van der Waals surface area contributed by atoms with Crippen molar-refractivity contribution in [3.63, 3.8) is 0 Å². The smallest absolute Gasteiger partial charge is 0.337 e. The van der Waals surface area contributed by atoms with E-state index in [0.717, 1.165) is 6.42 Å². The Balaban J connectivity index is 2.22. The number of hydrogen-bond donors (Lipinski definition) is 4. The molecule has 4 N–H and O–H groups in total. The van der Waals surface area contributed by atoms with Crippen molar-refractivity contribution in [2.75, 3.05) is 13.7 Å². The Bertz CT molecular complexity index is 571. The van der Waals surface area contributed by atoms with Gasteiger partial charge in [0.15, 0.2) is 6.29 Å². The predicted molar refractivity (Wildman–Crippen MR) is 92.0 cm³/mol. The highest BCUT2D eigenvalue weighted by atomic mass is 16.8. The van der Waals surface area contributed by atoms with Crippen LogP contribution < -0.4 is 0 Å². The molecule has 2 aliphatic rings. The van der Waals surface area contributed by atoms with Crippen LogP contribution in [0, 0.1) is 5.92 Å². The topological polar surface area (TPSA) is 135 Å². The molecule has 0 bridgehead atoms. The maximum absolute atomic E-state index is 12.0. The summed E-state index contributed by atoms with van der Waals surface area (Å²) in [6.45, 7) is 3.19. The van der Waals surface area contributed by atoms with E-state index in [1.165, 1.54) is 13.4 Å². The molecular formula is C18H28O9. The van der Waals surface area contributed by atoms with Crippen molar-refractivity contribution in [1.29, 1.82) is 0 Å². The second-order valence-electron chi connectivity index (χ2n) is 6.50. The van der Waals surface area contributed by atoms with Crippen molar-refractivity contribution >= 4 is 5.97 Å². The van der Waals surface area contributed by atoms with Gasteiger partial charge in [0.1, 0.15) is 24.4 Å². The number of carbonyl (C=O) groups excluding carboxylic acids is 1. The molecule has 9 nitrogen and oxygen atoms in total. The minimum absolute atomic E-state index is 0.295. The molecule has 154 valence electrons. The van der Waals surface area contributed by atoms with Crippen LogP contribution in [0.5, 0.6) is 0 Å². The third-order valence-corrected chi connectivity index (χ3v) is 4.81. The Morgan fingerprint density at radius 2 is 1.96 bits per heavy atom. The van der Waals surface area contributed by atoms with Crippen molar-refractivity contribution in [2.45, 2.75) is 63.7 Å². The molecule has 0 aromatic heterocycles. The Morgan fingerprint density at radius 3 is 2.52 bits per heavy atom. The van der Waals surface area contributed by atoms with E-state index in [2.05, 4.69) is 0 Å². The van der Waals surface area contributed by atoms with Crippen molar-refractivity contribution in [2.24, 2.45) is 5.92 Å². The summed E-state index contributed by atoms with van der Waals surface area (Å²) in [5, 5.41) is 39.2. The lowest BCUT2D eigenvalue weighted by Crippen LogP contribution is -2.60. The van der Waals surface area contributed by atoms with E-state index >= 15 is 0 Å². The molecule has 0 aromatic rings. The molecule has 0 radical (unpaired) electrons. The monoisotopic (exact) mass is 388 g/mol. The summed E-state index contributed by atoms with van der Waals surface area (Å²) in [4.78, 5) is 12.0. The Labute approximate surface area is 157 Å². The minimum Gasteiger partial charge on any atom is -0.468 e. The van der Waals surface area contributed by atoms with E-state index in [9.17, 15) is 25.2 Å². The molecule has 1 saturated heterocycles. The summed E-state index contributed by atoms with van der Waals surface area (Å²) in [5.74, 6) is -0.796. The van der Waals surface area contributed by atoms with Crippen molar-refractivity contribution < 1.29 is 44.2 Å². The Hall–Kier alpha value is -1.49. The fourth-order valence-electron chi connectivity index (χ4n) is 3.31. The van der Waals surface area contributed by atoms with Crippen LogP contribution >= 0.6 is 0 Å². The van der Waals surface area contributed by atoms with Crippen LogP contribution in [0.1, 0.15) is 26.7 Å². The fraction of sp³-hybridized carbons (Fsp3) is 0.722. The molecule has 1 fully saturated rings. The first-order valence-electron chi connectivity index (χ1n) is 8.95. The largest absolute Gasteiger partial charge is 0.468 e. The SMILES string of the molecule is C/C=C1\C(CCC)C(C(=O)OC)=CO[C@H]1O[C@@H]1O[C@H](CO)[C@@H](O)[C@H](O)[C@H]1O. The van der Waals surface area contributed by atoms with Gasteiger partial charge in [-0.2, -0.15) is 0 Å². The molecule has 9 heteroatoms. The zero-order valence-corrected chi connectivity index (χ0v) is 15.6. The molecule has 0 aromatic carbocycles. The van der Waals surface area contributed by atoms with E-state index in [1.807, 2.05) is 6.92 Å². The number of allylic oxidation sites excluding steroid dienone is 1. The molecule has 7 atom stereocenters. The van der Waals surface area contributed by atoms with Crippen molar-refractivity contribution in [3.8, 4) is 0 Å². The fourth-order valence-corrected chi connectivity index (χ4v) is 3.31. The van der Waals surface area contributed by atoms with Crippen LogP contribution in [-0.2, 0) is 23.7 Å². The third kappa shape index (κ3) is 4.50. The van der Waals surface area contributed by atoms with E-state index in [1.54, 1.807) is 13.0 Å². The van der Waals surface area contributed by atoms with E-state index in [-0.39, 0.29) is 5.92 Å². The third-order valence-electron chi connectivity index (χ3n) is 4.81. The van der Waals surface area contributed by atoms with Crippen LogP contribution in [0.2, 0.25) is 0 Å². The molecule has 2 aliphatic heterocycles. The summed E-state index contributed by atoms with van der Waals surface area (Å²) >= 11 is 0. The Kier molecular flexibility index (Phi) is 7.78. The average Bonchev–Trinajstić information content (AvgIpc) is 2.68. The van der Waals surface area contributed by atoms with Gasteiger partial charge in [0.2, 0.25) is 6.29 Å². The first-order chi connectivity index (χ1) is 12.9. The molecular weight excluding hydrogens is 360 g/mol. The first kappa shape index (κ1) is 21.8. The lowest BCUT2D eigenvalue weighted by atomic mass is 9.85. The number of esters is 1. The molecule has 0 amide bonds. The highest BCUT2D eigenvalue weighted by Gasteiger charge is 2.46. The van der Waals surface area contributed by atoms with Gasteiger partial charge in [0, 0.05) is 11.5 Å². The molecule has 2 rings (SSSR count). The molecule has 2 heterocycles. The molecule has 1 unspecified atom stereocenters. The number of aliphatic hydroxyl groups excluding tert-OH is 4. The van der Waals surface area contributed by atoms with Crippen molar-refractivity contribution in [3.05, 3.63) is 23.5 Å². The lowest BCUT2D eigenvalue weighted by molar-refractivity contribution is -0.327. The number of hydrogen-bond acceptors (Lipinski definition) is 9. The normalized spacial score (nSPS) is 38.3. The van der Waals surface area contributed by atoms with Crippen LogP contribution in [0.3, 0.4) is 0 Å². The highest BCUT2D eigenvalue weighted by Crippen LogP contribution is 2.36. The summed E-state index contributed by atoms with van der Waals surface area (Å²) < 4.78 is 21.4. The molecule has 0 saturated carbocycles. The van der Waals surface area contributed by atoms with Gasteiger partial charge in [-0.25, -0.2) is 4.79 Å². The maximum Gasteiger partial charge on any atom is 0.337 e. The highest BCUT2D eigenvalue weighted by molar-refractivity contribution is 5.89. The van der Waals surface area contributed by atoms with Crippen LogP contribution in [0.15, 0.2) is 23.5 Å². The van der Waals surface area contributed by atoms with Crippen molar-refractivity contribution in [1.82, 2.24) is 0 Å². The van der Waals surface area contributed by atoms with E-state index in [0.29, 0.717) is 17.6 Å².